The largest absolute Gasteiger partial charge is 0.278 e. The van der Waals surface area contributed by atoms with E-state index in [4.69, 9.17) is 12.2 Å². The molecule has 1 heterocycles. The molecule has 1 atom stereocenters. The molecule has 1 unspecified atom stereocenters. The van der Waals surface area contributed by atoms with Gasteiger partial charge >= 0.3 is 0 Å². The van der Waals surface area contributed by atoms with E-state index >= 15 is 0 Å². The summed E-state index contributed by atoms with van der Waals surface area (Å²) in [6.45, 7) is 4.07. The fourth-order valence-electron chi connectivity index (χ4n) is 2.80. The lowest BCUT2D eigenvalue weighted by Crippen LogP contribution is -2.28. The molecule has 1 aromatic rings. The summed E-state index contributed by atoms with van der Waals surface area (Å²) >= 11 is 5.44. The minimum atomic E-state index is -0.305. The predicted molar refractivity (Wildman–Crippen MR) is 85.2 cm³/mol. The van der Waals surface area contributed by atoms with Crippen LogP contribution in [-0.2, 0) is 9.59 Å². The number of aryl methyl sites for hydroxylation is 2. The maximum Gasteiger partial charge on any atom is 0.260 e. The third-order valence-corrected chi connectivity index (χ3v) is 4.58. The zero-order chi connectivity index (χ0) is 15.3. The quantitative estimate of drug-likeness (QED) is 0.591. The lowest BCUT2D eigenvalue weighted by molar-refractivity contribution is -0.135. The number of rotatable bonds is 1. The van der Waals surface area contributed by atoms with E-state index in [0.717, 1.165) is 16.0 Å². The number of allylic oxidation sites excluding steroid dienone is 1. The molecule has 0 N–H and O–H groups in total. The number of carbonyl (C=O) groups excluding carboxylic acids is 2. The summed E-state index contributed by atoms with van der Waals surface area (Å²) in [6.07, 6.45) is 3.43. The van der Waals surface area contributed by atoms with Crippen molar-refractivity contribution in [3.63, 3.8) is 0 Å². The van der Waals surface area contributed by atoms with Crippen LogP contribution in [-0.4, -0.2) is 28.6 Å². The maximum absolute atomic E-state index is 12.4. The summed E-state index contributed by atoms with van der Waals surface area (Å²) < 4.78 is 0. The summed E-state index contributed by atoms with van der Waals surface area (Å²) in [5.41, 5.74) is 4.29. The van der Waals surface area contributed by atoms with Gasteiger partial charge in [-0.3, -0.25) is 14.5 Å². The van der Waals surface area contributed by atoms with Crippen LogP contribution >= 0.6 is 12.2 Å². The molecule has 3 nitrogen and oxygen atoms in total. The van der Waals surface area contributed by atoms with E-state index in [1.54, 1.807) is 12.2 Å². The fraction of sp³-hybridized carbons (Fsp3) is 0.235. The second-order valence-corrected chi connectivity index (χ2v) is 5.98. The highest BCUT2D eigenvalue weighted by Crippen LogP contribution is 2.38. The SMILES string of the molecule is Cc1ccc(C2C(=S)C=CC3=C2C(=O)N(C)C3=O)cc1C. The zero-order valence-corrected chi connectivity index (χ0v) is 13.0. The summed E-state index contributed by atoms with van der Waals surface area (Å²) in [5.74, 6) is -0.798. The van der Waals surface area contributed by atoms with Gasteiger partial charge in [-0.25, -0.2) is 0 Å². The molecule has 0 saturated heterocycles. The summed E-state index contributed by atoms with van der Waals surface area (Å²) in [6, 6.07) is 6.06. The van der Waals surface area contributed by atoms with Crippen molar-refractivity contribution in [1.82, 2.24) is 4.90 Å². The van der Waals surface area contributed by atoms with Gasteiger partial charge < -0.3 is 0 Å². The monoisotopic (exact) mass is 297 g/mol. The van der Waals surface area contributed by atoms with Crippen LogP contribution in [0.15, 0.2) is 41.5 Å². The van der Waals surface area contributed by atoms with Gasteiger partial charge in [0, 0.05) is 23.1 Å². The molecular formula is C17H15NO2S. The van der Waals surface area contributed by atoms with Crippen LogP contribution in [0, 0.1) is 13.8 Å². The lowest BCUT2D eigenvalue weighted by Gasteiger charge is -2.21. The Labute approximate surface area is 128 Å². The molecule has 1 aliphatic carbocycles. The number of hydrogen-bond acceptors (Lipinski definition) is 3. The standard InChI is InChI=1S/C17H15NO2S/c1-9-4-5-11(8-10(9)2)14-13(21)7-6-12-15(14)17(20)18(3)16(12)19/h4-8,14H,1-3H3. The average molecular weight is 297 g/mol. The summed E-state index contributed by atoms with van der Waals surface area (Å²) in [5, 5.41) is 0. The summed E-state index contributed by atoms with van der Waals surface area (Å²) in [4.78, 5) is 26.3. The lowest BCUT2D eigenvalue weighted by atomic mass is 9.82. The highest BCUT2D eigenvalue weighted by Gasteiger charge is 2.41. The molecule has 0 saturated carbocycles. The van der Waals surface area contributed by atoms with Gasteiger partial charge in [-0.05, 0) is 42.7 Å². The Bertz CT molecular complexity index is 758. The van der Waals surface area contributed by atoms with Crippen molar-refractivity contribution in [3.8, 4) is 0 Å². The average Bonchev–Trinajstić information content (AvgIpc) is 2.67. The Morgan fingerprint density at radius 3 is 2.43 bits per heavy atom. The molecule has 4 heteroatoms. The molecule has 0 radical (unpaired) electrons. The number of imide groups is 1. The Morgan fingerprint density at radius 1 is 1.05 bits per heavy atom. The molecule has 3 rings (SSSR count). The van der Waals surface area contributed by atoms with E-state index in [0.29, 0.717) is 16.0 Å². The van der Waals surface area contributed by atoms with Gasteiger partial charge in [0.2, 0.25) is 0 Å². The van der Waals surface area contributed by atoms with E-state index in [-0.39, 0.29) is 17.7 Å². The molecule has 0 fully saturated rings. The zero-order valence-electron chi connectivity index (χ0n) is 12.1. The molecule has 1 aliphatic heterocycles. The highest BCUT2D eigenvalue weighted by atomic mass is 32.1. The normalized spacial score (nSPS) is 21.4. The third kappa shape index (κ3) is 1.98. The molecule has 2 amide bonds. The van der Waals surface area contributed by atoms with Gasteiger partial charge in [0.25, 0.3) is 11.8 Å². The Kier molecular flexibility index (Phi) is 3.14. The van der Waals surface area contributed by atoms with Gasteiger partial charge in [-0.15, -0.1) is 0 Å². The highest BCUT2D eigenvalue weighted by molar-refractivity contribution is 7.80. The Hall–Kier alpha value is -2.07. The number of likely N-dealkylation sites (N-methyl/N-ethyl adjacent to an activating group) is 1. The number of thiocarbonyl (C=S) groups is 1. The molecule has 1 aromatic carbocycles. The first kappa shape index (κ1) is 13.9. The van der Waals surface area contributed by atoms with E-state index in [9.17, 15) is 9.59 Å². The van der Waals surface area contributed by atoms with Gasteiger partial charge in [-0.2, -0.15) is 0 Å². The van der Waals surface area contributed by atoms with Crippen molar-refractivity contribution < 1.29 is 9.59 Å². The molecule has 0 bridgehead atoms. The number of benzene rings is 1. The minimum absolute atomic E-state index is 0.245. The van der Waals surface area contributed by atoms with Crippen LogP contribution in [0.3, 0.4) is 0 Å². The van der Waals surface area contributed by atoms with Gasteiger partial charge in [0.15, 0.2) is 0 Å². The second kappa shape index (κ2) is 4.74. The van der Waals surface area contributed by atoms with Crippen molar-refractivity contribution in [2.75, 3.05) is 7.05 Å². The second-order valence-electron chi connectivity index (χ2n) is 5.51. The van der Waals surface area contributed by atoms with Gasteiger partial charge in [-0.1, -0.05) is 30.4 Å². The van der Waals surface area contributed by atoms with Crippen LogP contribution in [0.5, 0.6) is 0 Å². The van der Waals surface area contributed by atoms with E-state index in [1.807, 2.05) is 32.0 Å². The van der Waals surface area contributed by atoms with Crippen LogP contribution in [0.1, 0.15) is 22.6 Å². The van der Waals surface area contributed by atoms with Crippen LogP contribution in [0.2, 0.25) is 0 Å². The summed E-state index contributed by atoms with van der Waals surface area (Å²) in [7, 11) is 1.51. The van der Waals surface area contributed by atoms with Crippen molar-refractivity contribution >= 4 is 28.9 Å². The fourth-order valence-corrected chi connectivity index (χ4v) is 3.13. The van der Waals surface area contributed by atoms with Crippen LogP contribution < -0.4 is 0 Å². The number of amides is 2. The van der Waals surface area contributed by atoms with E-state index in [1.165, 1.54) is 12.6 Å². The predicted octanol–water partition coefficient (Wildman–Crippen LogP) is 2.62. The topological polar surface area (TPSA) is 37.4 Å². The molecule has 21 heavy (non-hydrogen) atoms. The van der Waals surface area contributed by atoms with Crippen LogP contribution in [0.4, 0.5) is 0 Å². The van der Waals surface area contributed by atoms with E-state index < -0.39 is 0 Å². The smallest absolute Gasteiger partial charge is 0.260 e. The number of carbonyl (C=O) groups is 2. The van der Waals surface area contributed by atoms with Gasteiger partial charge in [0.05, 0.1) is 5.92 Å². The molecular weight excluding hydrogens is 282 g/mol. The van der Waals surface area contributed by atoms with Crippen molar-refractivity contribution in [2.45, 2.75) is 19.8 Å². The molecule has 0 spiro atoms. The van der Waals surface area contributed by atoms with Crippen molar-refractivity contribution in [2.24, 2.45) is 0 Å². The number of nitrogens with zero attached hydrogens (tertiary/aromatic N) is 1. The van der Waals surface area contributed by atoms with Crippen molar-refractivity contribution in [1.29, 1.82) is 0 Å². The molecule has 106 valence electrons. The van der Waals surface area contributed by atoms with Crippen LogP contribution in [0.25, 0.3) is 0 Å². The number of hydrogen-bond donors (Lipinski definition) is 0. The Morgan fingerprint density at radius 2 is 1.76 bits per heavy atom. The van der Waals surface area contributed by atoms with Gasteiger partial charge in [0.1, 0.15) is 0 Å². The first-order chi connectivity index (χ1) is 9.91. The minimum Gasteiger partial charge on any atom is -0.278 e. The van der Waals surface area contributed by atoms with E-state index in [2.05, 4.69) is 0 Å². The first-order valence-electron chi connectivity index (χ1n) is 6.77. The molecule has 2 aliphatic rings. The third-order valence-electron chi connectivity index (χ3n) is 4.21. The maximum atomic E-state index is 12.4. The first-order valence-corrected chi connectivity index (χ1v) is 7.18. The molecule has 0 aromatic heterocycles. The van der Waals surface area contributed by atoms with Crippen molar-refractivity contribution in [3.05, 3.63) is 58.2 Å². The Balaban J connectivity index is 2.17.